The second kappa shape index (κ2) is 5.13. The SMILES string of the molecule is CCc1nc(-c2ccc(C(=O)NC3CC3)cc2)cs1. The zero-order valence-electron chi connectivity index (χ0n) is 10.8. The summed E-state index contributed by atoms with van der Waals surface area (Å²) in [5.41, 5.74) is 2.79. The van der Waals surface area contributed by atoms with Crippen LogP contribution in [0.2, 0.25) is 0 Å². The molecule has 3 nitrogen and oxygen atoms in total. The van der Waals surface area contributed by atoms with Crippen LogP contribution >= 0.6 is 11.3 Å². The minimum absolute atomic E-state index is 0.0292. The van der Waals surface area contributed by atoms with Crippen LogP contribution < -0.4 is 5.32 Å². The smallest absolute Gasteiger partial charge is 0.251 e. The summed E-state index contributed by atoms with van der Waals surface area (Å²) in [4.78, 5) is 16.4. The van der Waals surface area contributed by atoms with Crippen molar-refractivity contribution in [3.63, 3.8) is 0 Å². The van der Waals surface area contributed by atoms with Gasteiger partial charge in [0.2, 0.25) is 0 Å². The van der Waals surface area contributed by atoms with Crippen LogP contribution in [0, 0.1) is 0 Å². The van der Waals surface area contributed by atoms with Gasteiger partial charge < -0.3 is 5.32 Å². The van der Waals surface area contributed by atoms with Gasteiger partial charge in [0.15, 0.2) is 0 Å². The molecule has 19 heavy (non-hydrogen) atoms. The molecule has 1 aliphatic rings. The standard InChI is InChI=1S/C15H16N2OS/c1-2-14-17-13(9-19-14)10-3-5-11(6-4-10)15(18)16-12-7-8-12/h3-6,9,12H,2,7-8H2,1H3,(H,16,18). The molecule has 2 aromatic rings. The molecular formula is C15H16N2OS. The number of rotatable bonds is 4. The van der Waals surface area contributed by atoms with Crippen molar-refractivity contribution in [3.8, 4) is 11.3 Å². The molecule has 1 amide bonds. The highest BCUT2D eigenvalue weighted by Gasteiger charge is 2.23. The monoisotopic (exact) mass is 272 g/mol. The highest BCUT2D eigenvalue weighted by Crippen LogP contribution is 2.23. The minimum Gasteiger partial charge on any atom is -0.349 e. The molecule has 0 bridgehead atoms. The predicted molar refractivity (Wildman–Crippen MR) is 77.4 cm³/mol. The second-order valence-corrected chi connectivity index (χ2v) is 5.75. The van der Waals surface area contributed by atoms with Crippen LogP contribution in [0.3, 0.4) is 0 Å². The van der Waals surface area contributed by atoms with E-state index in [-0.39, 0.29) is 5.91 Å². The molecule has 0 unspecified atom stereocenters. The van der Waals surface area contributed by atoms with E-state index in [1.54, 1.807) is 11.3 Å². The summed E-state index contributed by atoms with van der Waals surface area (Å²) < 4.78 is 0. The number of amides is 1. The van der Waals surface area contributed by atoms with E-state index in [2.05, 4.69) is 22.6 Å². The number of hydrogen-bond donors (Lipinski definition) is 1. The van der Waals surface area contributed by atoms with Crippen molar-refractivity contribution in [1.29, 1.82) is 0 Å². The first-order chi connectivity index (χ1) is 9.26. The van der Waals surface area contributed by atoms with E-state index in [1.807, 2.05) is 24.3 Å². The molecule has 4 heteroatoms. The molecule has 98 valence electrons. The third-order valence-electron chi connectivity index (χ3n) is 3.21. The molecule has 1 aliphatic carbocycles. The molecule has 1 aromatic heterocycles. The zero-order valence-corrected chi connectivity index (χ0v) is 11.7. The molecule has 1 heterocycles. The molecule has 0 spiro atoms. The summed E-state index contributed by atoms with van der Waals surface area (Å²) in [7, 11) is 0. The fraction of sp³-hybridized carbons (Fsp3) is 0.333. The van der Waals surface area contributed by atoms with Crippen LogP contribution in [0.15, 0.2) is 29.6 Å². The molecule has 3 rings (SSSR count). The Morgan fingerprint density at radius 2 is 2.11 bits per heavy atom. The van der Waals surface area contributed by atoms with Gasteiger partial charge in [-0.15, -0.1) is 11.3 Å². The van der Waals surface area contributed by atoms with Gasteiger partial charge in [0.05, 0.1) is 10.7 Å². The number of carbonyl (C=O) groups is 1. The summed E-state index contributed by atoms with van der Waals surface area (Å²) in [6.07, 6.45) is 3.19. The van der Waals surface area contributed by atoms with E-state index < -0.39 is 0 Å². The third kappa shape index (κ3) is 2.84. The van der Waals surface area contributed by atoms with Crippen molar-refractivity contribution in [2.24, 2.45) is 0 Å². The highest BCUT2D eigenvalue weighted by molar-refractivity contribution is 7.09. The summed E-state index contributed by atoms with van der Waals surface area (Å²) in [5, 5.41) is 6.20. The van der Waals surface area contributed by atoms with E-state index in [4.69, 9.17) is 0 Å². The lowest BCUT2D eigenvalue weighted by atomic mass is 10.1. The Bertz CT molecular complexity index is 584. The number of aromatic nitrogens is 1. The van der Waals surface area contributed by atoms with Gasteiger partial charge in [-0.05, 0) is 31.4 Å². The normalized spacial score (nSPS) is 14.4. The largest absolute Gasteiger partial charge is 0.349 e. The Labute approximate surface area is 116 Å². The molecule has 0 saturated heterocycles. The van der Waals surface area contributed by atoms with Crippen LogP contribution in [0.5, 0.6) is 0 Å². The van der Waals surface area contributed by atoms with Crippen molar-refractivity contribution < 1.29 is 4.79 Å². The Kier molecular flexibility index (Phi) is 3.34. The van der Waals surface area contributed by atoms with Crippen molar-refractivity contribution >= 4 is 17.2 Å². The third-order valence-corrected chi connectivity index (χ3v) is 4.20. The Morgan fingerprint density at radius 3 is 2.68 bits per heavy atom. The summed E-state index contributed by atoms with van der Waals surface area (Å²) in [6, 6.07) is 8.08. The topological polar surface area (TPSA) is 42.0 Å². The van der Waals surface area contributed by atoms with Crippen molar-refractivity contribution in [2.75, 3.05) is 0 Å². The summed E-state index contributed by atoms with van der Waals surface area (Å²) in [6.45, 7) is 2.11. The number of carbonyl (C=O) groups excluding carboxylic acids is 1. The first-order valence-electron chi connectivity index (χ1n) is 6.62. The van der Waals surface area contributed by atoms with E-state index >= 15 is 0 Å². The number of aryl methyl sites for hydroxylation is 1. The van der Waals surface area contributed by atoms with Crippen LogP contribution in [0.4, 0.5) is 0 Å². The lowest BCUT2D eigenvalue weighted by Crippen LogP contribution is -2.25. The molecule has 0 radical (unpaired) electrons. The molecule has 1 fully saturated rings. The Balaban J connectivity index is 1.75. The summed E-state index contributed by atoms with van der Waals surface area (Å²) in [5.74, 6) is 0.0292. The van der Waals surface area contributed by atoms with Gasteiger partial charge in [-0.3, -0.25) is 4.79 Å². The number of nitrogens with one attached hydrogen (secondary N) is 1. The lowest BCUT2D eigenvalue weighted by molar-refractivity contribution is 0.0951. The van der Waals surface area contributed by atoms with Crippen LogP contribution in [-0.4, -0.2) is 16.9 Å². The number of hydrogen-bond acceptors (Lipinski definition) is 3. The molecule has 1 N–H and O–H groups in total. The minimum atomic E-state index is 0.0292. The Morgan fingerprint density at radius 1 is 1.37 bits per heavy atom. The average molecular weight is 272 g/mol. The Hall–Kier alpha value is -1.68. The molecule has 1 aromatic carbocycles. The van der Waals surface area contributed by atoms with Crippen LogP contribution in [0.25, 0.3) is 11.3 Å². The zero-order chi connectivity index (χ0) is 13.2. The van der Waals surface area contributed by atoms with E-state index in [0.717, 1.165) is 41.1 Å². The van der Waals surface area contributed by atoms with Crippen molar-refractivity contribution in [3.05, 3.63) is 40.2 Å². The molecular weight excluding hydrogens is 256 g/mol. The maximum atomic E-state index is 11.9. The number of benzene rings is 1. The second-order valence-electron chi connectivity index (χ2n) is 4.81. The highest BCUT2D eigenvalue weighted by atomic mass is 32.1. The van der Waals surface area contributed by atoms with Gasteiger partial charge in [-0.25, -0.2) is 4.98 Å². The lowest BCUT2D eigenvalue weighted by Gasteiger charge is -2.03. The fourth-order valence-corrected chi connectivity index (χ4v) is 2.65. The molecule has 0 atom stereocenters. The van der Waals surface area contributed by atoms with Gasteiger partial charge >= 0.3 is 0 Å². The van der Waals surface area contributed by atoms with Crippen molar-refractivity contribution in [1.82, 2.24) is 10.3 Å². The van der Waals surface area contributed by atoms with Gasteiger partial charge in [0.25, 0.3) is 5.91 Å². The van der Waals surface area contributed by atoms with Crippen molar-refractivity contribution in [2.45, 2.75) is 32.2 Å². The molecule has 1 saturated carbocycles. The maximum Gasteiger partial charge on any atom is 0.251 e. The first-order valence-corrected chi connectivity index (χ1v) is 7.50. The van der Waals surface area contributed by atoms with Gasteiger partial charge in [-0.2, -0.15) is 0 Å². The molecule has 0 aliphatic heterocycles. The number of thiazole rings is 1. The quantitative estimate of drug-likeness (QED) is 0.928. The van der Waals surface area contributed by atoms with Gasteiger partial charge in [0.1, 0.15) is 0 Å². The van der Waals surface area contributed by atoms with Gasteiger partial charge in [-0.1, -0.05) is 19.1 Å². The van der Waals surface area contributed by atoms with Crippen LogP contribution in [-0.2, 0) is 6.42 Å². The van der Waals surface area contributed by atoms with Gasteiger partial charge in [0, 0.05) is 22.5 Å². The number of nitrogens with zero attached hydrogens (tertiary/aromatic N) is 1. The fourth-order valence-electron chi connectivity index (χ4n) is 1.89. The van der Waals surface area contributed by atoms with E-state index in [9.17, 15) is 4.79 Å². The average Bonchev–Trinajstić information content (AvgIpc) is 3.12. The maximum absolute atomic E-state index is 11.9. The predicted octanol–water partition coefficient (Wildman–Crippen LogP) is 3.26. The van der Waals surface area contributed by atoms with E-state index in [1.165, 1.54) is 0 Å². The first kappa shape index (κ1) is 12.4. The van der Waals surface area contributed by atoms with E-state index in [0.29, 0.717) is 6.04 Å². The van der Waals surface area contributed by atoms with Crippen LogP contribution in [0.1, 0.15) is 35.1 Å². The summed E-state index contributed by atoms with van der Waals surface area (Å²) >= 11 is 1.68.